The molecule has 1 aromatic heterocycles. The lowest BCUT2D eigenvalue weighted by atomic mass is 10.1. The molecule has 0 aliphatic rings. The molecule has 0 atom stereocenters. The van der Waals surface area contributed by atoms with Gasteiger partial charge in [0.15, 0.2) is 0 Å². The number of hydrogen-bond donors (Lipinski definition) is 1. The summed E-state index contributed by atoms with van der Waals surface area (Å²) in [6, 6.07) is 7.96. The highest BCUT2D eigenvalue weighted by molar-refractivity contribution is 7.80. The van der Waals surface area contributed by atoms with Crippen molar-refractivity contribution in [3.8, 4) is 0 Å². The molecule has 2 N–H and O–H groups in total. The fourth-order valence-electron chi connectivity index (χ4n) is 1.89. The Kier molecular flexibility index (Phi) is 3.62. The van der Waals surface area contributed by atoms with Crippen LogP contribution in [0.1, 0.15) is 11.1 Å². The van der Waals surface area contributed by atoms with Gasteiger partial charge in [0, 0.05) is 38.6 Å². The Morgan fingerprint density at radius 3 is 2.89 bits per heavy atom. The smallest absolute Gasteiger partial charge is 0.205 e. The number of nitrogens with zero attached hydrogens (tertiary/aromatic N) is 3. The summed E-state index contributed by atoms with van der Waals surface area (Å²) in [5.74, 6) is 0.927. The summed E-state index contributed by atoms with van der Waals surface area (Å²) in [7, 11) is 3.99. The Morgan fingerprint density at radius 1 is 1.50 bits per heavy atom. The van der Waals surface area contributed by atoms with E-state index in [1.807, 2.05) is 43.1 Å². The second-order valence-corrected chi connectivity index (χ2v) is 4.70. The van der Waals surface area contributed by atoms with E-state index < -0.39 is 0 Å². The molecular formula is C13H16N4S. The summed E-state index contributed by atoms with van der Waals surface area (Å²) in [6.45, 7) is 0.765. The summed E-state index contributed by atoms with van der Waals surface area (Å²) in [6.07, 6.45) is 3.72. The molecule has 0 bridgehead atoms. The Labute approximate surface area is 112 Å². The zero-order valence-electron chi connectivity index (χ0n) is 10.5. The lowest BCUT2D eigenvalue weighted by Gasteiger charge is -2.18. The van der Waals surface area contributed by atoms with E-state index in [0.717, 1.165) is 23.6 Å². The molecule has 0 aliphatic carbocycles. The van der Waals surface area contributed by atoms with Crippen molar-refractivity contribution in [2.24, 2.45) is 12.8 Å². The highest BCUT2D eigenvalue weighted by atomic mass is 32.1. The molecule has 5 heteroatoms. The molecule has 1 aromatic carbocycles. The van der Waals surface area contributed by atoms with Crippen LogP contribution in [0.25, 0.3) is 0 Å². The average Bonchev–Trinajstić information content (AvgIpc) is 2.76. The number of aryl methyl sites for hydroxylation is 1. The summed E-state index contributed by atoms with van der Waals surface area (Å²) in [5, 5.41) is 0. The Bertz CT molecular complexity index is 562. The molecule has 18 heavy (non-hydrogen) atoms. The number of thiocarbonyl (C=S) groups is 1. The third kappa shape index (κ3) is 2.68. The standard InChI is InChI=1S/C13H16N4S/c1-16-7-6-15-13(16)17(2)9-10-4-3-5-11(8-10)12(14)18/h3-8H,9H2,1-2H3,(H2,14,18). The molecule has 94 valence electrons. The van der Waals surface area contributed by atoms with Crippen LogP contribution < -0.4 is 10.6 Å². The summed E-state index contributed by atoms with van der Waals surface area (Å²) in [5.41, 5.74) is 7.69. The molecule has 1 heterocycles. The average molecular weight is 260 g/mol. The monoisotopic (exact) mass is 260 g/mol. The largest absolute Gasteiger partial charge is 0.389 e. The van der Waals surface area contributed by atoms with Crippen LogP contribution in [0.2, 0.25) is 0 Å². The predicted octanol–water partition coefficient (Wildman–Crippen LogP) is 1.69. The van der Waals surface area contributed by atoms with Gasteiger partial charge in [0.25, 0.3) is 0 Å². The van der Waals surface area contributed by atoms with Crippen LogP contribution in [0, 0.1) is 0 Å². The van der Waals surface area contributed by atoms with E-state index in [4.69, 9.17) is 18.0 Å². The molecule has 2 rings (SSSR count). The van der Waals surface area contributed by atoms with E-state index in [0.29, 0.717) is 4.99 Å². The number of rotatable bonds is 4. The first-order valence-electron chi connectivity index (χ1n) is 5.65. The van der Waals surface area contributed by atoms with E-state index in [1.165, 1.54) is 0 Å². The molecule has 2 aromatic rings. The highest BCUT2D eigenvalue weighted by Gasteiger charge is 2.07. The number of aromatic nitrogens is 2. The topological polar surface area (TPSA) is 47.1 Å². The van der Waals surface area contributed by atoms with Gasteiger partial charge in [0.1, 0.15) is 4.99 Å². The van der Waals surface area contributed by atoms with Crippen LogP contribution in [0.15, 0.2) is 36.7 Å². The lowest BCUT2D eigenvalue weighted by Crippen LogP contribution is -2.20. The number of anilines is 1. The van der Waals surface area contributed by atoms with Crippen LogP contribution >= 0.6 is 12.2 Å². The SMILES string of the molecule is CN(Cc1cccc(C(N)=S)c1)c1nccn1C. The maximum atomic E-state index is 5.63. The van der Waals surface area contributed by atoms with Crippen LogP contribution in [-0.2, 0) is 13.6 Å². The molecule has 0 aliphatic heterocycles. The van der Waals surface area contributed by atoms with E-state index in [9.17, 15) is 0 Å². The fourth-order valence-corrected chi connectivity index (χ4v) is 2.02. The Balaban J connectivity index is 2.17. The van der Waals surface area contributed by atoms with Crippen molar-refractivity contribution in [1.82, 2.24) is 9.55 Å². The van der Waals surface area contributed by atoms with Gasteiger partial charge in [-0.3, -0.25) is 0 Å². The van der Waals surface area contributed by atoms with Crippen molar-refractivity contribution in [2.75, 3.05) is 11.9 Å². The van der Waals surface area contributed by atoms with Crippen molar-refractivity contribution in [3.05, 3.63) is 47.8 Å². The van der Waals surface area contributed by atoms with Crippen LogP contribution in [-0.4, -0.2) is 21.6 Å². The minimum atomic E-state index is 0.427. The van der Waals surface area contributed by atoms with Gasteiger partial charge in [-0.2, -0.15) is 0 Å². The molecular weight excluding hydrogens is 244 g/mol. The van der Waals surface area contributed by atoms with E-state index >= 15 is 0 Å². The molecule has 0 radical (unpaired) electrons. The first-order valence-corrected chi connectivity index (χ1v) is 6.06. The molecule has 0 saturated heterocycles. The summed E-state index contributed by atoms with van der Waals surface area (Å²) < 4.78 is 1.98. The third-order valence-corrected chi connectivity index (χ3v) is 3.00. The number of hydrogen-bond acceptors (Lipinski definition) is 3. The predicted molar refractivity (Wildman–Crippen MR) is 77.6 cm³/mol. The second-order valence-electron chi connectivity index (χ2n) is 4.26. The van der Waals surface area contributed by atoms with Crippen molar-refractivity contribution in [2.45, 2.75) is 6.54 Å². The molecule has 0 saturated carbocycles. The molecule has 4 nitrogen and oxygen atoms in total. The quantitative estimate of drug-likeness (QED) is 0.850. The molecule has 0 unspecified atom stereocenters. The van der Waals surface area contributed by atoms with Crippen LogP contribution in [0.3, 0.4) is 0 Å². The molecule has 0 fully saturated rings. The van der Waals surface area contributed by atoms with Gasteiger partial charge in [0.2, 0.25) is 5.95 Å². The maximum absolute atomic E-state index is 5.63. The van der Waals surface area contributed by atoms with Gasteiger partial charge in [0.05, 0.1) is 0 Å². The van der Waals surface area contributed by atoms with E-state index in [2.05, 4.69) is 16.0 Å². The van der Waals surface area contributed by atoms with Gasteiger partial charge >= 0.3 is 0 Å². The van der Waals surface area contributed by atoms with Crippen molar-refractivity contribution in [3.63, 3.8) is 0 Å². The normalized spacial score (nSPS) is 10.3. The van der Waals surface area contributed by atoms with Gasteiger partial charge in [-0.05, 0) is 11.6 Å². The zero-order chi connectivity index (χ0) is 13.1. The Hall–Kier alpha value is -1.88. The number of nitrogens with two attached hydrogens (primary N) is 1. The molecule has 0 spiro atoms. The lowest BCUT2D eigenvalue weighted by molar-refractivity contribution is 0.805. The van der Waals surface area contributed by atoms with Gasteiger partial charge in [-0.25, -0.2) is 4.98 Å². The summed E-state index contributed by atoms with van der Waals surface area (Å²) >= 11 is 4.98. The third-order valence-electron chi connectivity index (χ3n) is 2.77. The van der Waals surface area contributed by atoms with E-state index in [-0.39, 0.29) is 0 Å². The zero-order valence-corrected chi connectivity index (χ0v) is 11.3. The second kappa shape index (κ2) is 5.18. The van der Waals surface area contributed by atoms with Crippen molar-refractivity contribution < 1.29 is 0 Å². The van der Waals surface area contributed by atoms with Crippen LogP contribution in [0.4, 0.5) is 5.95 Å². The minimum Gasteiger partial charge on any atom is -0.389 e. The fraction of sp³-hybridized carbons (Fsp3) is 0.231. The number of benzene rings is 1. The van der Waals surface area contributed by atoms with Crippen LogP contribution in [0.5, 0.6) is 0 Å². The van der Waals surface area contributed by atoms with Crippen molar-refractivity contribution >= 4 is 23.2 Å². The van der Waals surface area contributed by atoms with Gasteiger partial charge in [-0.15, -0.1) is 0 Å². The first kappa shape index (κ1) is 12.6. The summed E-state index contributed by atoms with van der Waals surface area (Å²) in [4.78, 5) is 6.82. The Morgan fingerprint density at radius 2 is 2.28 bits per heavy atom. The number of imidazole rings is 1. The molecule has 0 amide bonds. The van der Waals surface area contributed by atoms with Crippen molar-refractivity contribution in [1.29, 1.82) is 0 Å². The highest BCUT2D eigenvalue weighted by Crippen LogP contribution is 2.13. The first-order chi connectivity index (χ1) is 8.58. The van der Waals surface area contributed by atoms with Gasteiger partial charge in [-0.1, -0.05) is 30.4 Å². The maximum Gasteiger partial charge on any atom is 0.205 e. The van der Waals surface area contributed by atoms with Gasteiger partial charge < -0.3 is 15.2 Å². The minimum absolute atomic E-state index is 0.427. The van der Waals surface area contributed by atoms with E-state index in [1.54, 1.807) is 6.20 Å².